The van der Waals surface area contributed by atoms with Crippen molar-refractivity contribution in [2.24, 2.45) is 5.92 Å². The van der Waals surface area contributed by atoms with Crippen LogP contribution in [0.4, 0.5) is 0 Å². The molecule has 0 radical (unpaired) electrons. The van der Waals surface area contributed by atoms with Gasteiger partial charge in [-0.05, 0) is 43.0 Å². The highest BCUT2D eigenvalue weighted by atomic mass is 32.2. The Morgan fingerprint density at radius 1 is 1.38 bits per heavy atom. The van der Waals surface area contributed by atoms with Crippen LogP contribution in [0, 0.1) is 5.92 Å². The average molecular weight is 312 g/mol. The molecule has 2 N–H and O–H groups in total. The molecule has 1 atom stereocenters. The van der Waals surface area contributed by atoms with Crippen molar-refractivity contribution in [1.82, 2.24) is 10.0 Å². The molecule has 0 amide bonds. The molecule has 1 aromatic rings. The van der Waals surface area contributed by atoms with Crippen molar-refractivity contribution in [1.29, 1.82) is 0 Å². The van der Waals surface area contributed by atoms with Crippen LogP contribution >= 0.6 is 0 Å². The first-order chi connectivity index (χ1) is 10.1. The zero-order valence-corrected chi connectivity index (χ0v) is 13.3. The summed E-state index contributed by atoms with van der Waals surface area (Å²) in [5.74, 6) is 0.286. The van der Waals surface area contributed by atoms with Crippen molar-refractivity contribution in [3.63, 3.8) is 0 Å². The fourth-order valence-corrected chi connectivity index (χ4v) is 3.47. The summed E-state index contributed by atoms with van der Waals surface area (Å²) in [6.45, 7) is 5.53. The van der Waals surface area contributed by atoms with Crippen molar-refractivity contribution in [2.75, 3.05) is 26.3 Å². The van der Waals surface area contributed by atoms with Crippen molar-refractivity contribution >= 4 is 10.0 Å². The van der Waals surface area contributed by atoms with Crippen LogP contribution in [0.25, 0.3) is 0 Å². The summed E-state index contributed by atoms with van der Waals surface area (Å²) < 4.78 is 32.5. The Labute approximate surface area is 127 Å². The van der Waals surface area contributed by atoms with Crippen molar-refractivity contribution in [2.45, 2.75) is 31.2 Å². The Morgan fingerprint density at radius 3 is 2.95 bits per heavy atom. The Morgan fingerprint density at radius 2 is 2.24 bits per heavy atom. The predicted molar refractivity (Wildman–Crippen MR) is 82.6 cm³/mol. The van der Waals surface area contributed by atoms with Gasteiger partial charge in [0.1, 0.15) is 0 Å². The molecular weight excluding hydrogens is 288 g/mol. The highest BCUT2D eigenvalue weighted by Gasteiger charge is 2.20. The molecule has 5 nitrogen and oxygen atoms in total. The maximum atomic E-state index is 12.3. The van der Waals surface area contributed by atoms with E-state index in [0.717, 1.165) is 31.6 Å². The molecule has 1 unspecified atom stereocenters. The summed E-state index contributed by atoms with van der Waals surface area (Å²) >= 11 is 0. The van der Waals surface area contributed by atoms with Gasteiger partial charge < -0.3 is 10.1 Å². The number of benzene rings is 1. The number of sulfonamides is 1. The highest BCUT2D eigenvalue weighted by molar-refractivity contribution is 7.89. The third-order valence-corrected chi connectivity index (χ3v) is 4.97. The van der Waals surface area contributed by atoms with Gasteiger partial charge in [-0.2, -0.15) is 0 Å². The fourth-order valence-electron chi connectivity index (χ4n) is 2.29. The third-order valence-electron chi connectivity index (χ3n) is 3.55. The van der Waals surface area contributed by atoms with E-state index in [1.54, 1.807) is 18.2 Å². The number of ether oxygens (including phenoxy) is 1. The molecule has 0 spiro atoms. The van der Waals surface area contributed by atoms with Gasteiger partial charge in [0.15, 0.2) is 0 Å². The molecule has 1 aliphatic heterocycles. The number of nitrogens with one attached hydrogen (secondary N) is 2. The van der Waals surface area contributed by atoms with Gasteiger partial charge in [0.05, 0.1) is 11.5 Å². The second-order valence-electron chi connectivity index (χ2n) is 5.41. The number of rotatable bonds is 8. The van der Waals surface area contributed by atoms with E-state index in [4.69, 9.17) is 4.74 Å². The topological polar surface area (TPSA) is 67.4 Å². The molecule has 21 heavy (non-hydrogen) atoms. The normalized spacial score (nSPS) is 19.0. The van der Waals surface area contributed by atoms with Gasteiger partial charge in [0.2, 0.25) is 10.0 Å². The van der Waals surface area contributed by atoms with Crippen LogP contribution in [0.3, 0.4) is 0 Å². The van der Waals surface area contributed by atoms with Crippen LogP contribution in [-0.4, -0.2) is 34.7 Å². The summed E-state index contributed by atoms with van der Waals surface area (Å²) in [7, 11) is -3.43. The largest absolute Gasteiger partial charge is 0.381 e. The molecule has 0 aromatic heterocycles. The smallest absolute Gasteiger partial charge is 0.240 e. The van der Waals surface area contributed by atoms with Crippen LogP contribution in [0.5, 0.6) is 0 Å². The minimum absolute atomic E-state index is 0.286. The van der Waals surface area contributed by atoms with E-state index in [9.17, 15) is 8.42 Å². The highest BCUT2D eigenvalue weighted by Crippen LogP contribution is 2.14. The molecule has 1 fully saturated rings. The molecule has 0 aliphatic carbocycles. The van der Waals surface area contributed by atoms with Gasteiger partial charge in [-0.15, -0.1) is 0 Å². The van der Waals surface area contributed by atoms with E-state index < -0.39 is 10.0 Å². The monoisotopic (exact) mass is 312 g/mol. The van der Waals surface area contributed by atoms with Crippen LogP contribution in [0.1, 0.15) is 25.3 Å². The lowest BCUT2D eigenvalue weighted by molar-refractivity contribution is 0.186. The van der Waals surface area contributed by atoms with E-state index >= 15 is 0 Å². The van der Waals surface area contributed by atoms with Crippen molar-refractivity contribution < 1.29 is 13.2 Å². The quantitative estimate of drug-likeness (QED) is 0.714. The number of hydrogen-bond donors (Lipinski definition) is 2. The average Bonchev–Trinajstić information content (AvgIpc) is 2.99. The van der Waals surface area contributed by atoms with Crippen LogP contribution < -0.4 is 10.0 Å². The first-order valence-corrected chi connectivity index (χ1v) is 8.97. The van der Waals surface area contributed by atoms with Gasteiger partial charge in [-0.1, -0.05) is 19.1 Å². The minimum Gasteiger partial charge on any atom is -0.381 e. The van der Waals surface area contributed by atoms with Gasteiger partial charge in [0.25, 0.3) is 0 Å². The third kappa shape index (κ3) is 5.07. The molecule has 118 valence electrons. The van der Waals surface area contributed by atoms with Crippen LogP contribution in [0.2, 0.25) is 0 Å². The lowest BCUT2D eigenvalue weighted by atomic mass is 10.1. The Bertz CT molecular complexity index is 540. The van der Waals surface area contributed by atoms with Crippen LogP contribution in [-0.2, 0) is 21.3 Å². The zero-order chi connectivity index (χ0) is 15.1. The molecule has 1 saturated heterocycles. The van der Waals surface area contributed by atoms with E-state index in [-0.39, 0.29) is 5.92 Å². The van der Waals surface area contributed by atoms with E-state index in [0.29, 0.717) is 24.6 Å². The van der Waals surface area contributed by atoms with E-state index in [1.165, 1.54) is 0 Å². The zero-order valence-electron chi connectivity index (χ0n) is 12.5. The van der Waals surface area contributed by atoms with Crippen LogP contribution in [0.15, 0.2) is 29.2 Å². The lowest BCUT2D eigenvalue weighted by Gasteiger charge is -2.11. The Balaban J connectivity index is 1.96. The first kappa shape index (κ1) is 16.4. The fraction of sp³-hybridized carbons (Fsp3) is 0.600. The molecule has 1 aliphatic rings. The predicted octanol–water partition coefficient (Wildman–Crippen LogP) is 1.50. The second kappa shape index (κ2) is 7.89. The first-order valence-electron chi connectivity index (χ1n) is 7.49. The summed E-state index contributed by atoms with van der Waals surface area (Å²) in [6, 6.07) is 7.09. The summed E-state index contributed by atoms with van der Waals surface area (Å²) in [5.41, 5.74) is 0.982. The molecule has 1 heterocycles. The van der Waals surface area contributed by atoms with Gasteiger partial charge in [-0.25, -0.2) is 13.1 Å². The summed E-state index contributed by atoms with van der Waals surface area (Å²) in [6.07, 6.45) is 1.98. The summed E-state index contributed by atoms with van der Waals surface area (Å²) in [5, 5.41) is 3.28. The standard InChI is InChI=1S/C15H24N2O3S/c1-2-7-16-10-13-4-3-5-15(9-13)21(18,19)17-11-14-6-8-20-12-14/h3-5,9,14,16-17H,2,6-8,10-12H2,1H3. The second-order valence-corrected chi connectivity index (χ2v) is 7.17. The number of hydrogen-bond acceptors (Lipinski definition) is 4. The maximum absolute atomic E-state index is 12.3. The SMILES string of the molecule is CCCNCc1cccc(S(=O)(=O)NCC2CCOC2)c1. The maximum Gasteiger partial charge on any atom is 0.240 e. The molecule has 0 saturated carbocycles. The van der Waals surface area contributed by atoms with Gasteiger partial charge in [-0.3, -0.25) is 0 Å². The lowest BCUT2D eigenvalue weighted by Crippen LogP contribution is -2.29. The van der Waals surface area contributed by atoms with Crippen molar-refractivity contribution in [3.8, 4) is 0 Å². The minimum atomic E-state index is -3.43. The van der Waals surface area contributed by atoms with E-state index in [1.807, 2.05) is 6.07 Å². The molecule has 0 bridgehead atoms. The van der Waals surface area contributed by atoms with Crippen molar-refractivity contribution in [3.05, 3.63) is 29.8 Å². The Hall–Kier alpha value is -0.950. The van der Waals surface area contributed by atoms with Gasteiger partial charge >= 0.3 is 0 Å². The summed E-state index contributed by atoms with van der Waals surface area (Å²) in [4.78, 5) is 0.331. The van der Waals surface area contributed by atoms with Gasteiger partial charge in [0, 0.05) is 19.7 Å². The molecule has 6 heteroatoms. The molecular formula is C15H24N2O3S. The molecule has 2 rings (SSSR count). The molecule has 1 aromatic carbocycles. The van der Waals surface area contributed by atoms with E-state index in [2.05, 4.69) is 17.0 Å². The Kier molecular flexibility index (Phi) is 6.17.